The monoisotopic (exact) mass is 321 g/mol. The Labute approximate surface area is 145 Å². The molecular formula is C22H15N3. The summed E-state index contributed by atoms with van der Waals surface area (Å²) in [5.41, 5.74) is 6.89. The Bertz CT molecular complexity index is 1190. The molecule has 0 unspecified atom stereocenters. The van der Waals surface area contributed by atoms with Crippen LogP contribution < -0.4 is 0 Å². The van der Waals surface area contributed by atoms with Crippen molar-refractivity contribution in [2.45, 2.75) is 0 Å². The second kappa shape index (κ2) is 5.56. The van der Waals surface area contributed by atoms with E-state index < -0.39 is 0 Å². The molecule has 0 saturated heterocycles. The molecule has 1 N–H and O–H groups in total. The third kappa shape index (κ3) is 2.37. The number of pyridine rings is 2. The van der Waals surface area contributed by atoms with Gasteiger partial charge >= 0.3 is 0 Å². The van der Waals surface area contributed by atoms with Gasteiger partial charge < -0.3 is 4.98 Å². The zero-order valence-corrected chi connectivity index (χ0v) is 13.5. The molecular weight excluding hydrogens is 306 g/mol. The molecule has 5 rings (SSSR count). The van der Waals surface area contributed by atoms with Crippen molar-refractivity contribution in [3.63, 3.8) is 0 Å². The fraction of sp³-hybridized carbons (Fsp3) is 0. The van der Waals surface area contributed by atoms with E-state index in [0.717, 1.165) is 22.0 Å². The fourth-order valence-corrected chi connectivity index (χ4v) is 3.34. The summed E-state index contributed by atoms with van der Waals surface area (Å²) >= 11 is 0. The zero-order valence-electron chi connectivity index (χ0n) is 13.5. The molecule has 3 aromatic heterocycles. The summed E-state index contributed by atoms with van der Waals surface area (Å²) < 4.78 is 0. The molecule has 0 saturated carbocycles. The summed E-state index contributed by atoms with van der Waals surface area (Å²) in [6.45, 7) is 0. The highest BCUT2D eigenvalue weighted by Crippen LogP contribution is 2.31. The normalized spacial score (nSPS) is 11.2. The van der Waals surface area contributed by atoms with Gasteiger partial charge in [0.1, 0.15) is 0 Å². The van der Waals surface area contributed by atoms with Crippen LogP contribution in [0.5, 0.6) is 0 Å². The Morgan fingerprint density at radius 2 is 1.52 bits per heavy atom. The predicted molar refractivity (Wildman–Crippen MR) is 102 cm³/mol. The number of aromatic amines is 1. The maximum Gasteiger partial charge on any atom is 0.0708 e. The van der Waals surface area contributed by atoms with Crippen LogP contribution in [0.3, 0.4) is 0 Å². The van der Waals surface area contributed by atoms with E-state index in [1.807, 2.05) is 36.9 Å². The van der Waals surface area contributed by atoms with Gasteiger partial charge in [-0.3, -0.25) is 9.97 Å². The lowest BCUT2D eigenvalue weighted by Gasteiger charge is -2.09. The lowest BCUT2D eigenvalue weighted by atomic mass is 9.97. The van der Waals surface area contributed by atoms with Gasteiger partial charge in [-0.2, -0.15) is 0 Å². The molecule has 3 heteroatoms. The van der Waals surface area contributed by atoms with Crippen molar-refractivity contribution in [1.29, 1.82) is 0 Å². The number of rotatable bonds is 2. The maximum absolute atomic E-state index is 4.52. The van der Waals surface area contributed by atoms with Gasteiger partial charge in [0.2, 0.25) is 0 Å². The first-order valence-corrected chi connectivity index (χ1v) is 8.25. The van der Waals surface area contributed by atoms with Gasteiger partial charge in [-0.25, -0.2) is 0 Å². The van der Waals surface area contributed by atoms with Gasteiger partial charge in [-0.15, -0.1) is 0 Å². The number of H-pyrrole nitrogens is 1. The van der Waals surface area contributed by atoms with Crippen LogP contribution >= 0.6 is 0 Å². The second-order valence-electron chi connectivity index (χ2n) is 6.11. The van der Waals surface area contributed by atoms with E-state index in [-0.39, 0.29) is 0 Å². The Morgan fingerprint density at radius 3 is 2.44 bits per heavy atom. The number of hydrogen-bond acceptors (Lipinski definition) is 2. The lowest BCUT2D eigenvalue weighted by molar-refractivity contribution is 1.33. The molecule has 0 aliphatic heterocycles. The molecule has 0 aliphatic rings. The average molecular weight is 321 g/mol. The van der Waals surface area contributed by atoms with E-state index >= 15 is 0 Å². The van der Waals surface area contributed by atoms with Crippen molar-refractivity contribution in [2.24, 2.45) is 0 Å². The van der Waals surface area contributed by atoms with Crippen LogP contribution in [0, 0.1) is 0 Å². The largest absolute Gasteiger partial charge is 0.361 e. The van der Waals surface area contributed by atoms with Crippen LogP contribution in [-0.4, -0.2) is 15.0 Å². The summed E-state index contributed by atoms with van der Waals surface area (Å²) in [5, 5.41) is 2.37. The molecule has 25 heavy (non-hydrogen) atoms. The maximum atomic E-state index is 4.52. The minimum absolute atomic E-state index is 1.00. The van der Waals surface area contributed by atoms with Crippen LogP contribution in [0.15, 0.2) is 85.5 Å². The number of fused-ring (bicyclic) bond motifs is 2. The Balaban J connectivity index is 1.72. The molecule has 3 heterocycles. The van der Waals surface area contributed by atoms with Crippen molar-refractivity contribution in [3.05, 3.63) is 85.5 Å². The Morgan fingerprint density at radius 1 is 0.680 bits per heavy atom. The van der Waals surface area contributed by atoms with Gasteiger partial charge in [0, 0.05) is 35.7 Å². The van der Waals surface area contributed by atoms with Crippen molar-refractivity contribution >= 4 is 21.8 Å². The standard InChI is InChI=1S/C22H15N3/c1-3-21-18(7-11-24-21)13-16(1)17-2-4-22-20(14-17)19(8-12-25-22)15-5-9-23-10-6-15/h1-14,24H. The minimum Gasteiger partial charge on any atom is -0.361 e. The summed E-state index contributed by atoms with van der Waals surface area (Å²) in [6.07, 6.45) is 7.49. The molecule has 2 aromatic carbocycles. The third-order valence-corrected chi connectivity index (χ3v) is 4.62. The SMILES string of the molecule is c1cc(-c2ccnc3ccc(-c4ccc5[nH]ccc5c4)cc23)ccn1. The van der Waals surface area contributed by atoms with E-state index in [1.54, 1.807) is 0 Å². The van der Waals surface area contributed by atoms with Crippen molar-refractivity contribution in [3.8, 4) is 22.3 Å². The number of hydrogen-bond donors (Lipinski definition) is 1. The van der Waals surface area contributed by atoms with Crippen LogP contribution in [-0.2, 0) is 0 Å². The molecule has 5 aromatic rings. The topological polar surface area (TPSA) is 41.6 Å². The highest BCUT2D eigenvalue weighted by Gasteiger charge is 2.07. The summed E-state index contributed by atoms with van der Waals surface area (Å²) in [5.74, 6) is 0. The van der Waals surface area contributed by atoms with Crippen molar-refractivity contribution in [2.75, 3.05) is 0 Å². The van der Waals surface area contributed by atoms with Crippen molar-refractivity contribution < 1.29 is 0 Å². The number of benzene rings is 2. The van der Waals surface area contributed by atoms with Gasteiger partial charge in [0.05, 0.1) is 5.52 Å². The predicted octanol–water partition coefficient (Wildman–Crippen LogP) is 5.45. The third-order valence-electron chi connectivity index (χ3n) is 4.62. The average Bonchev–Trinajstić information content (AvgIpc) is 3.15. The quantitative estimate of drug-likeness (QED) is 0.470. The highest BCUT2D eigenvalue weighted by atomic mass is 14.7. The highest BCUT2D eigenvalue weighted by molar-refractivity contribution is 5.97. The molecule has 0 bridgehead atoms. The number of nitrogens with one attached hydrogen (secondary N) is 1. The van der Waals surface area contributed by atoms with Crippen LogP contribution in [0.1, 0.15) is 0 Å². The van der Waals surface area contributed by atoms with E-state index in [9.17, 15) is 0 Å². The molecule has 3 nitrogen and oxygen atoms in total. The zero-order chi connectivity index (χ0) is 16.6. The molecule has 118 valence electrons. The van der Waals surface area contributed by atoms with E-state index in [2.05, 4.69) is 63.5 Å². The molecule has 0 radical (unpaired) electrons. The van der Waals surface area contributed by atoms with Crippen molar-refractivity contribution in [1.82, 2.24) is 15.0 Å². The molecule has 0 atom stereocenters. The Kier molecular flexibility index (Phi) is 3.10. The summed E-state index contributed by atoms with van der Waals surface area (Å²) in [4.78, 5) is 11.9. The van der Waals surface area contributed by atoms with Gasteiger partial charge in [0.25, 0.3) is 0 Å². The fourth-order valence-electron chi connectivity index (χ4n) is 3.34. The molecule has 0 fully saturated rings. The summed E-state index contributed by atoms with van der Waals surface area (Å²) in [7, 11) is 0. The molecule has 0 aliphatic carbocycles. The van der Waals surface area contributed by atoms with Crippen LogP contribution in [0.2, 0.25) is 0 Å². The number of aromatic nitrogens is 3. The van der Waals surface area contributed by atoms with E-state index in [0.29, 0.717) is 0 Å². The van der Waals surface area contributed by atoms with Gasteiger partial charge in [0.15, 0.2) is 0 Å². The molecule has 0 spiro atoms. The Hall–Kier alpha value is -3.46. The minimum atomic E-state index is 1.00. The smallest absolute Gasteiger partial charge is 0.0708 e. The lowest BCUT2D eigenvalue weighted by Crippen LogP contribution is -1.86. The first-order valence-electron chi connectivity index (χ1n) is 8.25. The first-order chi connectivity index (χ1) is 12.4. The summed E-state index contributed by atoms with van der Waals surface area (Å²) in [6, 6.07) is 21.2. The van der Waals surface area contributed by atoms with Gasteiger partial charge in [-0.05, 0) is 76.2 Å². The molecule has 0 amide bonds. The van der Waals surface area contributed by atoms with E-state index in [1.165, 1.54) is 22.1 Å². The second-order valence-corrected chi connectivity index (χ2v) is 6.11. The van der Waals surface area contributed by atoms with E-state index in [4.69, 9.17) is 0 Å². The van der Waals surface area contributed by atoms with Crippen LogP contribution in [0.4, 0.5) is 0 Å². The number of nitrogens with zero attached hydrogens (tertiary/aromatic N) is 2. The van der Waals surface area contributed by atoms with Gasteiger partial charge in [-0.1, -0.05) is 12.1 Å². The first kappa shape index (κ1) is 13.9. The van der Waals surface area contributed by atoms with Crippen LogP contribution in [0.25, 0.3) is 44.1 Å².